The summed E-state index contributed by atoms with van der Waals surface area (Å²) in [5.74, 6) is 0.572. The summed E-state index contributed by atoms with van der Waals surface area (Å²) in [7, 11) is 0. The summed E-state index contributed by atoms with van der Waals surface area (Å²) in [6.45, 7) is 2.78. The van der Waals surface area contributed by atoms with Crippen LogP contribution in [0.4, 0.5) is 0 Å². The first-order valence-corrected chi connectivity index (χ1v) is 6.22. The Hall–Kier alpha value is -1.44. The van der Waals surface area contributed by atoms with Crippen LogP contribution in [-0.2, 0) is 0 Å². The van der Waals surface area contributed by atoms with E-state index < -0.39 is 12.0 Å². The van der Waals surface area contributed by atoms with Gasteiger partial charge in [-0.25, -0.2) is 0 Å². The zero-order valence-electron chi connectivity index (χ0n) is 10.0. The Morgan fingerprint density at radius 3 is 2.83 bits per heavy atom. The average Bonchev–Trinajstić information content (AvgIpc) is 2.40. The molecule has 4 nitrogen and oxygen atoms in total. The lowest BCUT2D eigenvalue weighted by Gasteiger charge is -2.22. The maximum Gasteiger partial charge on any atom is 0.179 e. The molecule has 1 aromatic rings. The van der Waals surface area contributed by atoms with Crippen LogP contribution in [0.2, 0.25) is 5.02 Å². The van der Waals surface area contributed by atoms with Gasteiger partial charge in [0.25, 0.3) is 0 Å². The van der Waals surface area contributed by atoms with E-state index in [4.69, 9.17) is 26.3 Å². The minimum absolute atomic E-state index is 0.397. The Morgan fingerprint density at radius 2 is 2.17 bits per heavy atom. The number of nitriles is 1. The van der Waals surface area contributed by atoms with Gasteiger partial charge in [0.2, 0.25) is 0 Å². The summed E-state index contributed by atoms with van der Waals surface area (Å²) in [5.41, 5.74) is 0.581. The Kier molecular flexibility index (Phi) is 3.95. The molecule has 1 aromatic carbocycles. The van der Waals surface area contributed by atoms with Crippen LogP contribution in [0.3, 0.4) is 0 Å². The Labute approximate surface area is 111 Å². The Balaban J connectivity index is 2.35. The number of fused-ring (bicyclic) bond motifs is 1. The largest absolute Gasteiger partial charge is 0.486 e. The lowest BCUT2D eigenvalue weighted by molar-refractivity contribution is 0.130. The highest BCUT2D eigenvalue weighted by molar-refractivity contribution is 6.32. The zero-order valence-corrected chi connectivity index (χ0v) is 10.8. The van der Waals surface area contributed by atoms with E-state index in [1.165, 1.54) is 0 Å². The molecule has 0 aromatic heterocycles. The third-order valence-corrected chi connectivity index (χ3v) is 3.23. The zero-order chi connectivity index (χ0) is 13.1. The van der Waals surface area contributed by atoms with Crippen LogP contribution in [0.15, 0.2) is 12.1 Å². The average molecular weight is 268 g/mol. The van der Waals surface area contributed by atoms with E-state index in [-0.39, 0.29) is 0 Å². The molecule has 1 heterocycles. The van der Waals surface area contributed by atoms with Crippen molar-refractivity contribution in [2.24, 2.45) is 5.92 Å². The number of nitrogens with zero attached hydrogens (tertiary/aromatic N) is 1. The van der Waals surface area contributed by atoms with E-state index in [1.807, 2.05) is 6.92 Å². The minimum Gasteiger partial charge on any atom is -0.486 e. The standard InChI is InChI=1S/C13H14ClNO3/c1-2-8(7-15)12(16)9-5-10(14)13-11(6-9)17-3-4-18-13/h5-6,8,12,16H,2-4H2,1H3. The van der Waals surface area contributed by atoms with Crippen LogP contribution in [0, 0.1) is 17.2 Å². The molecule has 0 fully saturated rings. The van der Waals surface area contributed by atoms with Gasteiger partial charge >= 0.3 is 0 Å². The molecule has 0 radical (unpaired) electrons. The molecule has 1 aliphatic heterocycles. The number of rotatable bonds is 3. The SMILES string of the molecule is CCC(C#N)C(O)c1cc(Cl)c2c(c1)OCCO2. The van der Waals surface area contributed by atoms with E-state index in [0.29, 0.717) is 41.7 Å². The third kappa shape index (κ3) is 2.38. The van der Waals surface area contributed by atoms with Gasteiger partial charge in [-0.1, -0.05) is 18.5 Å². The number of benzene rings is 1. The first kappa shape index (κ1) is 13.0. The molecule has 0 saturated carbocycles. The van der Waals surface area contributed by atoms with Crippen molar-refractivity contribution < 1.29 is 14.6 Å². The van der Waals surface area contributed by atoms with E-state index in [9.17, 15) is 5.11 Å². The number of ether oxygens (including phenoxy) is 2. The van der Waals surface area contributed by atoms with Crippen LogP contribution in [0.25, 0.3) is 0 Å². The maximum atomic E-state index is 10.1. The van der Waals surface area contributed by atoms with Crippen molar-refractivity contribution in [1.29, 1.82) is 5.26 Å². The van der Waals surface area contributed by atoms with Crippen molar-refractivity contribution in [2.75, 3.05) is 13.2 Å². The second-order valence-corrected chi connectivity index (χ2v) is 4.52. The number of hydrogen-bond donors (Lipinski definition) is 1. The van der Waals surface area contributed by atoms with Gasteiger partial charge in [-0.3, -0.25) is 0 Å². The first-order chi connectivity index (χ1) is 8.67. The molecule has 5 heteroatoms. The van der Waals surface area contributed by atoms with E-state index in [1.54, 1.807) is 12.1 Å². The summed E-state index contributed by atoms with van der Waals surface area (Å²) in [5, 5.41) is 19.5. The first-order valence-electron chi connectivity index (χ1n) is 5.84. The second kappa shape index (κ2) is 5.47. The summed E-state index contributed by atoms with van der Waals surface area (Å²) < 4.78 is 10.8. The van der Waals surface area contributed by atoms with Crippen molar-refractivity contribution in [3.8, 4) is 17.6 Å². The van der Waals surface area contributed by atoms with Crippen molar-refractivity contribution in [1.82, 2.24) is 0 Å². The molecule has 0 amide bonds. The lowest BCUT2D eigenvalue weighted by Crippen LogP contribution is -2.17. The van der Waals surface area contributed by atoms with Gasteiger partial charge in [0.1, 0.15) is 13.2 Å². The van der Waals surface area contributed by atoms with Crippen LogP contribution < -0.4 is 9.47 Å². The molecule has 0 saturated heterocycles. The van der Waals surface area contributed by atoms with Gasteiger partial charge in [-0.2, -0.15) is 5.26 Å². The molecule has 0 bridgehead atoms. The van der Waals surface area contributed by atoms with E-state index in [2.05, 4.69) is 6.07 Å². The molecule has 2 rings (SSSR count). The van der Waals surface area contributed by atoms with Gasteiger partial charge in [-0.15, -0.1) is 0 Å². The molecule has 96 valence electrons. The summed E-state index contributed by atoms with van der Waals surface area (Å²) in [6, 6.07) is 5.39. The summed E-state index contributed by atoms with van der Waals surface area (Å²) in [4.78, 5) is 0. The fraction of sp³-hybridized carbons (Fsp3) is 0.462. The predicted molar refractivity (Wildman–Crippen MR) is 66.8 cm³/mol. The molecule has 1 aliphatic rings. The van der Waals surface area contributed by atoms with Crippen molar-refractivity contribution in [2.45, 2.75) is 19.4 Å². The molecular formula is C13H14ClNO3. The normalized spacial score (nSPS) is 16.8. The van der Waals surface area contributed by atoms with Crippen molar-refractivity contribution in [3.05, 3.63) is 22.7 Å². The molecule has 18 heavy (non-hydrogen) atoms. The van der Waals surface area contributed by atoms with Gasteiger partial charge in [0.05, 0.1) is 23.1 Å². The highest BCUT2D eigenvalue weighted by Gasteiger charge is 2.23. The molecule has 0 aliphatic carbocycles. The van der Waals surface area contributed by atoms with Crippen molar-refractivity contribution in [3.63, 3.8) is 0 Å². The van der Waals surface area contributed by atoms with Gasteiger partial charge in [0.15, 0.2) is 11.5 Å². The predicted octanol–water partition coefficient (Wildman–Crippen LogP) is 2.69. The van der Waals surface area contributed by atoms with Crippen LogP contribution >= 0.6 is 11.6 Å². The minimum atomic E-state index is -0.867. The molecular weight excluding hydrogens is 254 g/mol. The summed E-state index contributed by atoms with van der Waals surface area (Å²) in [6.07, 6.45) is -0.294. The fourth-order valence-corrected chi connectivity index (χ4v) is 2.19. The Bertz CT molecular complexity index is 484. The molecule has 1 N–H and O–H groups in total. The van der Waals surface area contributed by atoms with Crippen LogP contribution in [0.5, 0.6) is 11.5 Å². The van der Waals surface area contributed by atoms with E-state index >= 15 is 0 Å². The quantitative estimate of drug-likeness (QED) is 0.915. The third-order valence-electron chi connectivity index (χ3n) is 2.95. The van der Waals surface area contributed by atoms with Crippen LogP contribution in [0.1, 0.15) is 25.0 Å². The maximum absolute atomic E-state index is 10.1. The second-order valence-electron chi connectivity index (χ2n) is 4.12. The Morgan fingerprint density at radius 1 is 1.44 bits per heavy atom. The molecule has 2 atom stereocenters. The topological polar surface area (TPSA) is 62.5 Å². The smallest absolute Gasteiger partial charge is 0.179 e. The van der Waals surface area contributed by atoms with Gasteiger partial charge in [-0.05, 0) is 24.1 Å². The van der Waals surface area contributed by atoms with Gasteiger partial charge < -0.3 is 14.6 Å². The number of halogens is 1. The molecule has 0 spiro atoms. The lowest BCUT2D eigenvalue weighted by atomic mass is 9.94. The van der Waals surface area contributed by atoms with Crippen molar-refractivity contribution >= 4 is 11.6 Å². The summed E-state index contributed by atoms with van der Waals surface area (Å²) >= 11 is 6.08. The van der Waals surface area contributed by atoms with E-state index in [0.717, 1.165) is 0 Å². The fourth-order valence-electron chi connectivity index (χ4n) is 1.92. The van der Waals surface area contributed by atoms with Gasteiger partial charge in [0, 0.05) is 0 Å². The number of aliphatic hydroxyl groups excluding tert-OH is 1. The number of aliphatic hydroxyl groups is 1. The monoisotopic (exact) mass is 267 g/mol. The van der Waals surface area contributed by atoms with Crippen LogP contribution in [-0.4, -0.2) is 18.3 Å². The number of hydrogen-bond acceptors (Lipinski definition) is 4. The highest BCUT2D eigenvalue weighted by Crippen LogP contribution is 2.40. The highest BCUT2D eigenvalue weighted by atomic mass is 35.5. The molecule has 2 unspecified atom stereocenters.